The maximum absolute atomic E-state index is 12.0. The summed E-state index contributed by atoms with van der Waals surface area (Å²) < 4.78 is 27.7. The van der Waals surface area contributed by atoms with Crippen LogP contribution in [0.5, 0.6) is 0 Å². The summed E-state index contributed by atoms with van der Waals surface area (Å²) in [7, 11) is -4.07. The molecule has 0 bridgehead atoms. The van der Waals surface area contributed by atoms with Gasteiger partial charge in [0.15, 0.2) is 6.61 Å². The third-order valence-electron chi connectivity index (χ3n) is 3.96. The van der Waals surface area contributed by atoms with Gasteiger partial charge in [-0.25, -0.2) is 18.4 Å². The van der Waals surface area contributed by atoms with Crippen LogP contribution in [0.1, 0.15) is 42.5 Å². The zero-order chi connectivity index (χ0) is 19.2. The van der Waals surface area contributed by atoms with Crippen LogP contribution in [0.3, 0.4) is 0 Å². The summed E-state index contributed by atoms with van der Waals surface area (Å²) in [6, 6.07) is 3.55. The first-order valence-electron chi connectivity index (χ1n) is 8.21. The van der Waals surface area contributed by atoms with Gasteiger partial charge in [0.05, 0.1) is 10.6 Å². The second-order valence-corrected chi connectivity index (χ2v) is 7.91. The van der Waals surface area contributed by atoms with Crippen LogP contribution >= 0.6 is 11.6 Å². The summed E-state index contributed by atoms with van der Waals surface area (Å²) in [5.41, 5.74) is 1.28. The second-order valence-electron chi connectivity index (χ2n) is 5.97. The smallest absolute Gasteiger partial charge is 0.338 e. The number of carbonyl (C=O) groups is 2. The van der Waals surface area contributed by atoms with Crippen LogP contribution in [0, 0.1) is 0 Å². The molecule has 0 heterocycles. The molecule has 9 heteroatoms. The Morgan fingerprint density at radius 3 is 2.69 bits per heavy atom. The van der Waals surface area contributed by atoms with E-state index in [4.69, 9.17) is 21.5 Å². The van der Waals surface area contributed by atoms with Gasteiger partial charge in [0, 0.05) is 6.54 Å². The fourth-order valence-corrected chi connectivity index (χ4v) is 3.68. The number of sulfonamides is 1. The van der Waals surface area contributed by atoms with Crippen molar-refractivity contribution in [1.82, 2.24) is 5.32 Å². The number of nitrogens with two attached hydrogens (primary N) is 1. The summed E-state index contributed by atoms with van der Waals surface area (Å²) in [6.07, 6.45) is 7.53. The predicted octanol–water partition coefficient (Wildman–Crippen LogP) is 2.15. The maximum atomic E-state index is 12.0. The number of nitrogens with one attached hydrogen (secondary N) is 1. The Bertz CT molecular complexity index is 820. The fourth-order valence-electron chi connectivity index (χ4n) is 2.61. The molecule has 1 aliphatic rings. The van der Waals surface area contributed by atoms with Gasteiger partial charge in [-0.3, -0.25) is 4.79 Å². The first-order chi connectivity index (χ1) is 12.3. The van der Waals surface area contributed by atoms with E-state index < -0.39 is 28.5 Å². The molecule has 3 N–H and O–H groups in total. The van der Waals surface area contributed by atoms with E-state index >= 15 is 0 Å². The molecule has 0 aliphatic heterocycles. The SMILES string of the molecule is NS(=O)(=O)c1cc(C(=O)OCC(=O)NCCC2=CCCCC2)ccc1Cl. The summed E-state index contributed by atoms with van der Waals surface area (Å²) in [6.45, 7) is 0.0317. The molecule has 0 atom stereocenters. The van der Waals surface area contributed by atoms with Gasteiger partial charge in [0.1, 0.15) is 4.90 Å². The molecule has 0 saturated carbocycles. The Balaban J connectivity index is 1.82. The zero-order valence-electron chi connectivity index (χ0n) is 14.2. The lowest BCUT2D eigenvalue weighted by molar-refractivity contribution is -0.124. The highest BCUT2D eigenvalue weighted by Gasteiger charge is 2.17. The molecule has 0 spiro atoms. The van der Waals surface area contributed by atoms with Crippen molar-refractivity contribution < 1.29 is 22.7 Å². The van der Waals surface area contributed by atoms with Crippen molar-refractivity contribution in [1.29, 1.82) is 0 Å². The van der Waals surface area contributed by atoms with E-state index in [1.165, 1.54) is 30.5 Å². The van der Waals surface area contributed by atoms with Crippen LogP contribution < -0.4 is 10.5 Å². The van der Waals surface area contributed by atoms with Crippen LogP contribution in [0.15, 0.2) is 34.7 Å². The van der Waals surface area contributed by atoms with Gasteiger partial charge in [-0.2, -0.15) is 0 Å². The molecule has 0 saturated heterocycles. The second kappa shape index (κ2) is 9.16. The fraction of sp³-hybridized carbons (Fsp3) is 0.412. The van der Waals surface area contributed by atoms with Crippen molar-refractivity contribution in [3.8, 4) is 0 Å². The summed E-state index contributed by atoms with van der Waals surface area (Å²) in [4.78, 5) is 23.4. The van der Waals surface area contributed by atoms with Gasteiger partial charge in [-0.1, -0.05) is 23.3 Å². The number of benzene rings is 1. The van der Waals surface area contributed by atoms with E-state index in [1.807, 2.05) is 0 Å². The Labute approximate surface area is 157 Å². The Hall–Kier alpha value is -1.90. The molecule has 26 heavy (non-hydrogen) atoms. The Morgan fingerprint density at radius 2 is 2.04 bits per heavy atom. The highest BCUT2D eigenvalue weighted by Crippen LogP contribution is 2.22. The number of carbonyl (C=O) groups excluding carboxylic acids is 2. The normalized spacial score (nSPS) is 14.5. The zero-order valence-corrected chi connectivity index (χ0v) is 15.7. The summed E-state index contributed by atoms with van der Waals surface area (Å²) >= 11 is 5.75. The molecular formula is C17H21ClN2O5S. The monoisotopic (exact) mass is 400 g/mol. The number of hydrogen-bond acceptors (Lipinski definition) is 5. The third kappa shape index (κ3) is 6.12. The average Bonchev–Trinajstić information content (AvgIpc) is 2.60. The molecule has 1 aliphatic carbocycles. The van der Waals surface area contributed by atoms with Gasteiger partial charge in [-0.05, 0) is 50.3 Å². The van der Waals surface area contributed by atoms with Crippen LogP contribution in [0.25, 0.3) is 0 Å². The number of hydrogen-bond donors (Lipinski definition) is 2. The average molecular weight is 401 g/mol. The highest BCUT2D eigenvalue weighted by atomic mass is 35.5. The van der Waals surface area contributed by atoms with E-state index in [0.717, 1.165) is 25.3 Å². The van der Waals surface area contributed by atoms with Crippen molar-refractivity contribution >= 4 is 33.5 Å². The van der Waals surface area contributed by atoms with Gasteiger partial charge in [-0.15, -0.1) is 0 Å². The van der Waals surface area contributed by atoms with Gasteiger partial charge >= 0.3 is 5.97 Å². The number of primary sulfonamides is 1. The Morgan fingerprint density at radius 1 is 1.27 bits per heavy atom. The minimum absolute atomic E-state index is 0.0569. The standard InChI is InChI=1S/C17H21ClN2O5S/c18-14-7-6-13(10-15(14)26(19,23)24)17(22)25-11-16(21)20-9-8-12-4-2-1-3-5-12/h4,6-7,10H,1-3,5,8-9,11H2,(H,20,21)(H2,19,23,24). The molecular weight excluding hydrogens is 380 g/mol. The number of rotatable bonds is 7. The lowest BCUT2D eigenvalue weighted by Gasteiger charge is -2.13. The summed E-state index contributed by atoms with van der Waals surface area (Å²) in [5, 5.41) is 7.62. The van der Waals surface area contributed by atoms with Crippen LogP contribution in [-0.4, -0.2) is 33.4 Å². The molecule has 0 unspecified atom stereocenters. The molecule has 0 aromatic heterocycles. The Kier molecular flexibility index (Phi) is 7.19. The minimum Gasteiger partial charge on any atom is -0.452 e. The van der Waals surface area contributed by atoms with Crippen molar-refractivity contribution in [2.45, 2.75) is 37.0 Å². The number of ether oxygens (including phenoxy) is 1. The quantitative estimate of drug-likeness (QED) is 0.537. The first kappa shape index (κ1) is 20.4. The molecule has 2 rings (SSSR count). The number of esters is 1. The van der Waals surface area contributed by atoms with Crippen LogP contribution in [0.2, 0.25) is 5.02 Å². The third-order valence-corrected chi connectivity index (χ3v) is 5.35. The minimum atomic E-state index is -4.07. The molecule has 7 nitrogen and oxygen atoms in total. The van der Waals surface area contributed by atoms with E-state index in [0.29, 0.717) is 6.54 Å². The van der Waals surface area contributed by atoms with Crippen LogP contribution in [-0.2, 0) is 19.6 Å². The summed E-state index contributed by atoms with van der Waals surface area (Å²) in [5.74, 6) is -1.26. The highest BCUT2D eigenvalue weighted by molar-refractivity contribution is 7.89. The van der Waals surface area contributed by atoms with Crippen molar-refractivity contribution in [3.05, 3.63) is 40.4 Å². The molecule has 1 aromatic rings. The van der Waals surface area contributed by atoms with E-state index in [9.17, 15) is 18.0 Å². The number of halogens is 1. The molecule has 1 aromatic carbocycles. The van der Waals surface area contributed by atoms with E-state index in [1.54, 1.807) is 0 Å². The van der Waals surface area contributed by atoms with Crippen LogP contribution in [0.4, 0.5) is 0 Å². The maximum Gasteiger partial charge on any atom is 0.338 e. The van der Waals surface area contributed by atoms with Gasteiger partial charge in [0.25, 0.3) is 5.91 Å². The number of amides is 1. The molecule has 0 fully saturated rings. The first-order valence-corrected chi connectivity index (χ1v) is 10.1. The van der Waals surface area contributed by atoms with E-state index in [-0.39, 0.29) is 15.5 Å². The van der Waals surface area contributed by atoms with Gasteiger partial charge in [0.2, 0.25) is 10.0 Å². The van der Waals surface area contributed by atoms with Gasteiger partial charge < -0.3 is 10.1 Å². The number of allylic oxidation sites excluding steroid dienone is 1. The molecule has 1 amide bonds. The molecule has 142 valence electrons. The molecule has 0 radical (unpaired) electrons. The topological polar surface area (TPSA) is 116 Å². The van der Waals surface area contributed by atoms with E-state index in [2.05, 4.69) is 11.4 Å². The predicted molar refractivity (Wildman–Crippen MR) is 97.3 cm³/mol. The van der Waals surface area contributed by atoms with Crippen molar-refractivity contribution in [3.63, 3.8) is 0 Å². The largest absolute Gasteiger partial charge is 0.452 e. The van der Waals surface area contributed by atoms with Crippen molar-refractivity contribution in [2.75, 3.05) is 13.2 Å². The lowest BCUT2D eigenvalue weighted by atomic mass is 9.97. The lowest BCUT2D eigenvalue weighted by Crippen LogP contribution is -2.30. The van der Waals surface area contributed by atoms with Crippen molar-refractivity contribution in [2.24, 2.45) is 5.14 Å².